The van der Waals surface area contributed by atoms with Crippen LogP contribution in [-0.4, -0.2) is 18.2 Å². The Kier molecular flexibility index (Phi) is 2.76. The zero-order chi connectivity index (χ0) is 10.2. The van der Waals surface area contributed by atoms with Crippen molar-refractivity contribution in [2.75, 3.05) is 0 Å². The standard InChI is InChI=1S/C6H8BrFN2O2S/c1-4-6(7)5(10(2)9-4)3-13(8,11)12/h3H2,1-2H3. The molecular formula is C6H8BrFN2O2S. The smallest absolute Gasteiger partial charge is 0.270 e. The summed E-state index contributed by atoms with van der Waals surface area (Å²) >= 11 is 3.14. The van der Waals surface area contributed by atoms with Gasteiger partial charge in [0.2, 0.25) is 0 Å². The lowest BCUT2D eigenvalue weighted by atomic mass is 10.4. The Labute approximate surface area is 84.1 Å². The number of aryl methyl sites for hydroxylation is 2. The summed E-state index contributed by atoms with van der Waals surface area (Å²) in [5.41, 5.74) is 0.959. The maximum absolute atomic E-state index is 12.4. The summed E-state index contributed by atoms with van der Waals surface area (Å²) in [6.45, 7) is 1.71. The first-order chi connectivity index (χ1) is 5.81. The molecule has 1 heterocycles. The monoisotopic (exact) mass is 270 g/mol. The van der Waals surface area contributed by atoms with Gasteiger partial charge in [-0.1, -0.05) is 0 Å². The van der Waals surface area contributed by atoms with Crippen molar-refractivity contribution in [1.29, 1.82) is 0 Å². The lowest BCUT2D eigenvalue weighted by molar-refractivity contribution is 0.547. The molecule has 1 rings (SSSR count). The van der Waals surface area contributed by atoms with Crippen LogP contribution in [0.15, 0.2) is 4.47 Å². The van der Waals surface area contributed by atoms with Crippen molar-refractivity contribution in [2.45, 2.75) is 12.7 Å². The number of hydrogen-bond acceptors (Lipinski definition) is 3. The summed E-state index contributed by atoms with van der Waals surface area (Å²) in [6, 6.07) is 0. The van der Waals surface area contributed by atoms with Crippen LogP contribution in [0.1, 0.15) is 11.4 Å². The highest BCUT2D eigenvalue weighted by Crippen LogP contribution is 2.22. The molecule has 0 aliphatic rings. The molecule has 4 nitrogen and oxygen atoms in total. The van der Waals surface area contributed by atoms with Crippen molar-refractivity contribution in [1.82, 2.24) is 9.78 Å². The molecule has 0 aliphatic heterocycles. The van der Waals surface area contributed by atoms with E-state index in [0.29, 0.717) is 15.9 Å². The molecule has 0 radical (unpaired) electrons. The van der Waals surface area contributed by atoms with Crippen LogP contribution in [0.4, 0.5) is 3.89 Å². The van der Waals surface area contributed by atoms with E-state index in [-0.39, 0.29) is 0 Å². The molecule has 7 heteroatoms. The minimum atomic E-state index is -4.50. The molecule has 0 N–H and O–H groups in total. The van der Waals surface area contributed by atoms with Crippen molar-refractivity contribution in [3.8, 4) is 0 Å². The Morgan fingerprint density at radius 1 is 1.62 bits per heavy atom. The van der Waals surface area contributed by atoms with Gasteiger partial charge < -0.3 is 0 Å². The maximum Gasteiger partial charge on any atom is 0.308 e. The normalized spacial score (nSPS) is 12.0. The van der Waals surface area contributed by atoms with E-state index in [2.05, 4.69) is 21.0 Å². The van der Waals surface area contributed by atoms with Crippen LogP contribution in [0.3, 0.4) is 0 Å². The van der Waals surface area contributed by atoms with Crippen LogP contribution in [0, 0.1) is 6.92 Å². The van der Waals surface area contributed by atoms with E-state index in [9.17, 15) is 12.3 Å². The first-order valence-electron chi connectivity index (χ1n) is 3.41. The zero-order valence-corrected chi connectivity index (χ0v) is 9.48. The molecule has 0 aliphatic carbocycles. The van der Waals surface area contributed by atoms with Crippen LogP contribution in [0.2, 0.25) is 0 Å². The Bertz CT molecular complexity index is 426. The second kappa shape index (κ2) is 3.38. The molecule has 0 atom stereocenters. The quantitative estimate of drug-likeness (QED) is 0.761. The summed E-state index contributed by atoms with van der Waals surface area (Å²) in [7, 11) is -2.93. The second-order valence-corrected chi connectivity index (χ2v) is 4.81. The average Bonchev–Trinajstić information content (AvgIpc) is 2.14. The molecule has 0 fully saturated rings. The fraction of sp³-hybridized carbons (Fsp3) is 0.500. The van der Waals surface area contributed by atoms with Gasteiger partial charge in [0.1, 0.15) is 5.75 Å². The SMILES string of the molecule is Cc1nn(C)c(CS(=O)(=O)F)c1Br. The van der Waals surface area contributed by atoms with E-state index < -0.39 is 16.0 Å². The molecule has 0 spiro atoms. The predicted octanol–water partition coefficient (Wildman–Crippen LogP) is 1.29. The highest BCUT2D eigenvalue weighted by molar-refractivity contribution is 9.10. The summed E-state index contributed by atoms with van der Waals surface area (Å²) in [5, 5.41) is 3.93. The largest absolute Gasteiger partial charge is 0.308 e. The number of hydrogen-bond donors (Lipinski definition) is 0. The van der Waals surface area contributed by atoms with E-state index in [1.54, 1.807) is 14.0 Å². The molecule has 0 saturated heterocycles. The van der Waals surface area contributed by atoms with E-state index in [1.807, 2.05) is 0 Å². The first kappa shape index (κ1) is 10.6. The molecule has 1 aromatic heterocycles. The summed E-state index contributed by atoms with van der Waals surface area (Å²) < 4.78 is 35.0. The van der Waals surface area contributed by atoms with Crippen LogP contribution < -0.4 is 0 Å². The number of aromatic nitrogens is 2. The molecule has 0 unspecified atom stereocenters. The fourth-order valence-corrected chi connectivity index (χ4v) is 2.32. The Balaban J connectivity index is 3.15. The van der Waals surface area contributed by atoms with Crippen molar-refractivity contribution in [3.05, 3.63) is 15.9 Å². The summed E-state index contributed by atoms with van der Waals surface area (Å²) in [5.74, 6) is -0.648. The van der Waals surface area contributed by atoms with E-state index in [0.717, 1.165) is 0 Å². The molecule has 74 valence electrons. The Morgan fingerprint density at radius 2 is 2.15 bits per heavy atom. The van der Waals surface area contributed by atoms with Crippen LogP contribution in [-0.2, 0) is 23.0 Å². The van der Waals surface area contributed by atoms with Crippen molar-refractivity contribution >= 4 is 26.2 Å². The van der Waals surface area contributed by atoms with Crippen LogP contribution in [0.25, 0.3) is 0 Å². The lowest BCUT2D eigenvalue weighted by Crippen LogP contribution is -2.04. The third kappa shape index (κ3) is 2.50. The van der Waals surface area contributed by atoms with Gasteiger partial charge in [-0.05, 0) is 22.9 Å². The molecular weight excluding hydrogens is 263 g/mol. The second-order valence-electron chi connectivity index (χ2n) is 2.65. The number of nitrogens with zero attached hydrogens (tertiary/aromatic N) is 2. The first-order valence-corrected chi connectivity index (χ1v) is 5.76. The van der Waals surface area contributed by atoms with E-state index >= 15 is 0 Å². The minimum absolute atomic E-state index is 0.319. The molecule has 0 aromatic carbocycles. The van der Waals surface area contributed by atoms with E-state index in [1.165, 1.54) is 4.68 Å². The van der Waals surface area contributed by atoms with Gasteiger partial charge >= 0.3 is 10.2 Å². The highest BCUT2D eigenvalue weighted by atomic mass is 79.9. The number of halogens is 2. The molecule has 0 saturated carbocycles. The summed E-state index contributed by atoms with van der Waals surface area (Å²) in [6.07, 6.45) is 0. The highest BCUT2D eigenvalue weighted by Gasteiger charge is 2.17. The van der Waals surface area contributed by atoms with Gasteiger partial charge in [-0.25, -0.2) is 0 Å². The van der Waals surface area contributed by atoms with Gasteiger partial charge in [0, 0.05) is 7.05 Å². The van der Waals surface area contributed by atoms with Crippen molar-refractivity contribution in [3.63, 3.8) is 0 Å². The van der Waals surface area contributed by atoms with Gasteiger partial charge in [0.05, 0.1) is 15.9 Å². The Morgan fingerprint density at radius 3 is 2.46 bits per heavy atom. The molecule has 0 bridgehead atoms. The van der Waals surface area contributed by atoms with Crippen molar-refractivity contribution in [2.24, 2.45) is 7.05 Å². The molecule has 1 aromatic rings. The molecule has 0 amide bonds. The van der Waals surface area contributed by atoms with Gasteiger partial charge in [-0.15, -0.1) is 3.89 Å². The van der Waals surface area contributed by atoms with Gasteiger partial charge in [0.15, 0.2) is 0 Å². The predicted molar refractivity (Wildman–Crippen MR) is 49.4 cm³/mol. The Hall–Kier alpha value is -0.430. The van der Waals surface area contributed by atoms with E-state index in [4.69, 9.17) is 0 Å². The van der Waals surface area contributed by atoms with Crippen LogP contribution >= 0.6 is 15.9 Å². The topological polar surface area (TPSA) is 52.0 Å². The maximum atomic E-state index is 12.4. The van der Waals surface area contributed by atoms with Crippen LogP contribution in [0.5, 0.6) is 0 Å². The van der Waals surface area contributed by atoms with Gasteiger partial charge in [-0.3, -0.25) is 4.68 Å². The third-order valence-electron chi connectivity index (χ3n) is 1.57. The number of rotatable bonds is 2. The van der Waals surface area contributed by atoms with Gasteiger partial charge in [0.25, 0.3) is 0 Å². The lowest BCUT2D eigenvalue weighted by Gasteiger charge is -1.97. The average molecular weight is 271 g/mol. The van der Waals surface area contributed by atoms with Crippen molar-refractivity contribution < 1.29 is 12.3 Å². The van der Waals surface area contributed by atoms with Gasteiger partial charge in [-0.2, -0.15) is 13.5 Å². The fourth-order valence-electron chi connectivity index (χ4n) is 1.00. The summed E-state index contributed by atoms with van der Waals surface area (Å²) in [4.78, 5) is 0. The zero-order valence-electron chi connectivity index (χ0n) is 7.08. The minimum Gasteiger partial charge on any atom is -0.270 e. The molecule has 13 heavy (non-hydrogen) atoms. The third-order valence-corrected chi connectivity index (χ3v) is 3.22.